The van der Waals surface area contributed by atoms with Gasteiger partial charge in [0.05, 0.1) is 16.7 Å². The molecule has 0 atom stereocenters. The molecule has 1 aliphatic heterocycles. The molecule has 1 fully saturated rings. The molecule has 0 saturated carbocycles. The number of piperazine rings is 1. The molecule has 2 aromatic carbocycles. The van der Waals surface area contributed by atoms with Crippen LogP contribution in [-0.2, 0) is 18.4 Å². The molecule has 4 aromatic rings. The summed E-state index contributed by atoms with van der Waals surface area (Å²) in [4.78, 5) is 45.1. The number of pyridine rings is 1. The molecule has 0 aliphatic carbocycles. The number of rotatable bonds is 5. The van der Waals surface area contributed by atoms with Gasteiger partial charge in [-0.3, -0.25) is 23.7 Å². The highest BCUT2D eigenvalue weighted by Gasteiger charge is 2.30. The Kier molecular flexibility index (Phi) is 6.15. The lowest BCUT2D eigenvalue weighted by Crippen LogP contribution is -2.57. The van der Waals surface area contributed by atoms with Crippen molar-refractivity contribution >= 4 is 28.5 Å². The number of imidazole rings is 1. The Morgan fingerprint density at radius 1 is 0.857 bits per heavy atom. The van der Waals surface area contributed by atoms with Gasteiger partial charge in [-0.1, -0.05) is 30.3 Å². The van der Waals surface area contributed by atoms with Crippen molar-refractivity contribution < 1.29 is 9.59 Å². The van der Waals surface area contributed by atoms with Gasteiger partial charge in [0.25, 0.3) is 5.91 Å². The number of carbonyl (C=O) groups is 2. The number of benzene rings is 2. The smallest absolute Gasteiger partial charge is 0.329 e. The molecule has 0 N–H and O–H groups in total. The predicted octanol–water partition coefficient (Wildman–Crippen LogP) is 2.14. The number of nitrogens with zero attached hydrogens (tertiary/aromatic N) is 6. The molecule has 1 saturated heterocycles. The molecule has 178 valence electrons. The van der Waals surface area contributed by atoms with Crippen molar-refractivity contribution in [2.75, 3.05) is 31.2 Å². The van der Waals surface area contributed by atoms with E-state index < -0.39 is 0 Å². The first kappa shape index (κ1) is 22.5. The maximum absolute atomic E-state index is 13.4. The second kappa shape index (κ2) is 9.55. The van der Waals surface area contributed by atoms with Crippen LogP contribution in [-0.4, -0.2) is 62.0 Å². The van der Waals surface area contributed by atoms with Gasteiger partial charge in [-0.15, -0.1) is 0 Å². The van der Waals surface area contributed by atoms with Gasteiger partial charge in [0.2, 0.25) is 5.91 Å². The van der Waals surface area contributed by atoms with Crippen LogP contribution in [0, 0.1) is 0 Å². The van der Waals surface area contributed by atoms with Crippen molar-refractivity contribution in [1.82, 2.24) is 24.0 Å². The largest absolute Gasteiger partial charge is 0.338 e. The van der Waals surface area contributed by atoms with Gasteiger partial charge in [-0.05, 0) is 36.4 Å². The molecule has 35 heavy (non-hydrogen) atoms. The number of anilines is 1. The molecule has 2 aromatic heterocycles. The van der Waals surface area contributed by atoms with E-state index in [0.29, 0.717) is 31.7 Å². The molecular formula is C26H26N6O3. The van der Waals surface area contributed by atoms with E-state index in [0.717, 1.165) is 16.7 Å². The lowest BCUT2D eigenvalue weighted by atomic mass is 10.2. The average Bonchev–Trinajstić information content (AvgIpc) is 3.15. The zero-order valence-electron chi connectivity index (χ0n) is 19.4. The van der Waals surface area contributed by atoms with Gasteiger partial charge < -0.3 is 4.90 Å². The van der Waals surface area contributed by atoms with E-state index in [1.54, 1.807) is 58.2 Å². The minimum atomic E-state index is -0.212. The summed E-state index contributed by atoms with van der Waals surface area (Å²) in [6, 6.07) is 20.2. The van der Waals surface area contributed by atoms with Gasteiger partial charge in [0.1, 0.15) is 6.54 Å². The Morgan fingerprint density at radius 3 is 2.17 bits per heavy atom. The van der Waals surface area contributed by atoms with E-state index in [4.69, 9.17) is 0 Å². The highest BCUT2D eigenvalue weighted by Crippen LogP contribution is 2.21. The minimum absolute atomic E-state index is 0.0167. The summed E-state index contributed by atoms with van der Waals surface area (Å²) in [7, 11) is 1.71. The lowest BCUT2D eigenvalue weighted by Gasteiger charge is -2.41. The predicted molar refractivity (Wildman–Crippen MR) is 133 cm³/mol. The summed E-state index contributed by atoms with van der Waals surface area (Å²) < 4.78 is 3.08. The number of hydrazine groups is 1. The fraction of sp³-hybridized carbons (Fsp3) is 0.231. The third-order valence-corrected chi connectivity index (χ3v) is 6.36. The fourth-order valence-corrected chi connectivity index (χ4v) is 4.49. The van der Waals surface area contributed by atoms with Crippen LogP contribution in [0.15, 0.2) is 83.9 Å². The SMILES string of the molecule is Cn1c(=O)n(CC(=O)N2CCN(N(C(=O)c3ccccc3)c3ccncc3)CC2)c2ccccc21. The van der Waals surface area contributed by atoms with E-state index in [2.05, 4.69) is 4.98 Å². The topological polar surface area (TPSA) is 83.7 Å². The Morgan fingerprint density at radius 2 is 1.49 bits per heavy atom. The third kappa shape index (κ3) is 4.33. The first-order chi connectivity index (χ1) is 17.0. The first-order valence-corrected chi connectivity index (χ1v) is 11.5. The number of carbonyl (C=O) groups excluding carboxylic acids is 2. The monoisotopic (exact) mass is 470 g/mol. The van der Waals surface area contributed by atoms with E-state index in [-0.39, 0.29) is 24.0 Å². The maximum atomic E-state index is 13.4. The molecule has 3 heterocycles. The number of amides is 2. The van der Waals surface area contributed by atoms with Crippen LogP contribution in [0.3, 0.4) is 0 Å². The van der Waals surface area contributed by atoms with Crippen molar-refractivity contribution in [3.8, 4) is 0 Å². The van der Waals surface area contributed by atoms with Crippen LogP contribution >= 0.6 is 0 Å². The molecule has 9 heteroatoms. The summed E-state index contributed by atoms with van der Waals surface area (Å²) in [6.07, 6.45) is 3.31. The second-order valence-corrected chi connectivity index (χ2v) is 8.44. The van der Waals surface area contributed by atoms with Crippen molar-refractivity contribution in [2.45, 2.75) is 6.54 Å². The molecule has 0 bridgehead atoms. The zero-order valence-corrected chi connectivity index (χ0v) is 19.4. The van der Waals surface area contributed by atoms with Gasteiger partial charge in [0, 0.05) is 51.2 Å². The molecule has 2 amide bonds. The summed E-state index contributed by atoms with van der Waals surface area (Å²) in [5.74, 6) is -0.258. The van der Waals surface area contributed by atoms with Crippen LogP contribution < -0.4 is 10.7 Å². The quantitative estimate of drug-likeness (QED) is 0.446. The van der Waals surface area contributed by atoms with E-state index in [9.17, 15) is 14.4 Å². The number of aromatic nitrogens is 3. The van der Waals surface area contributed by atoms with Crippen molar-refractivity contribution in [2.24, 2.45) is 7.05 Å². The Balaban J connectivity index is 1.32. The summed E-state index contributed by atoms with van der Waals surface area (Å²) in [5.41, 5.74) is 2.62. The molecule has 0 unspecified atom stereocenters. The number of hydrogen-bond acceptors (Lipinski definition) is 5. The second-order valence-electron chi connectivity index (χ2n) is 8.44. The Labute approximate surface area is 202 Å². The number of aryl methyl sites for hydroxylation is 1. The van der Waals surface area contributed by atoms with E-state index >= 15 is 0 Å². The molecule has 0 radical (unpaired) electrons. The van der Waals surface area contributed by atoms with Gasteiger partial charge in [0.15, 0.2) is 0 Å². The van der Waals surface area contributed by atoms with E-state index in [1.807, 2.05) is 47.5 Å². The molecule has 1 aliphatic rings. The van der Waals surface area contributed by atoms with Crippen LogP contribution in [0.4, 0.5) is 5.69 Å². The number of hydrogen-bond donors (Lipinski definition) is 0. The maximum Gasteiger partial charge on any atom is 0.329 e. The zero-order chi connectivity index (χ0) is 24.4. The Bertz CT molecular complexity index is 1410. The molecular weight excluding hydrogens is 444 g/mol. The first-order valence-electron chi connectivity index (χ1n) is 11.5. The summed E-state index contributed by atoms with van der Waals surface area (Å²) in [5, 5.41) is 3.62. The minimum Gasteiger partial charge on any atom is -0.338 e. The van der Waals surface area contributed by atoms with Gasteiger partial charge in [-0.25, -0.2) is 14.8 Å². The molecule has 0 spiro atoms. The number of fused-ring (bicyclic) bond motifs is 1. The highest BCUT2D eigenvalue weighted by atomic mass is 16.2. The third-order valence-electron chi connectivity index (χ3n) is 6.36. The van der Waals surface area contributed by atoms with Gasteiger partial charge >= 0.3 is 5.69 Å². The highest BCUT2D eigenvalue weighted by molar-refractivity contribution is 6.05. The van der Waals surface area contributed by atoms with Crippen molar-refractivity contribution in [3.05, 3.63) is 95.2 Å². The summed E-state index contributed by atoms with van der Waals surface area (Å²) in [6.45, 7) is 1.84. The molecule has 9 nitrogen and oxygen atoms in total. The molecule has 5 rings (SSSR count). The van der Waals surface area contributed by atoms with Crippen molar-refractivity contribution in [1.29, 1.82) is 0 Å². The van der Waals surface area contributed by atoms with Crippen LogP contribution in [0.5, 0.6) is 0 Å². The average molecular weight is 471 g/mol. The number of para-hydroxylation sites is 2. The van der Waals surface area contributed by atoms with Crippen LogP contribution in [0.1, 0.15) is 10.4 Å². The van der Waals surface area contributed by atoms with Crippen LogP contribution in [0.2, 0.25) is 0 Å². The van der Waals surface area contributed by atoms with Crippen molar-refractivity contribution in [3.63, 3.8) is 0 Å². The van der Waals surface area contributed by atoms with Gasteiger partial charge in [-0.2, -0.15) is 0 Å². The fourth-order valence-electron chi connectivity index (χ4n) is 4.49. The van der Waals surface area contributed by atoms with Crippen LogP contribution in [0.25, 0.3) is 11.0 Å². The standard InChI is InChI=1S/C26H26N6O3/c1-28-22-9-5-6-10-23(22)31(26(28)35)19-24(33)29-15-17-30(18-16-29)32(21-11-13-27-14-12-21)25(34)20-7-3-2-4-8-20/h2-14H,15-19H2,1H3. The Hall–Kier alpha value is -4.24. The van der Waals surface area contributed by atoms with E-state index in [1.165, 1.54) is 4.57 Å². The normalized spacial score (nSPS) is 14.3. The lowest BCUT2D eigenvalue weighted by molar-refractivity contribution is -0.133. The summed E-state index contributed by atoms with van der Waals surface area (Å²) >= 11 is 0.